The van der Waals surface area contributed by atoms with Gasteiger partial charge in [-0.2, -0.15) is 0 Å². The van der Waals surface area contributed by atoms with Crippen molar-refractivity contribution >= 4 is 23.7 Å². The van der Waals surface area contributed by atoms with Gasteiger partial charge < -0.3 is 54.8 Å². The van der Waals surface area contributed by atoms with Crippen LogP contribution in [0.25, 0.3) is 0 Å². The molecule has 18 nitrogen and oxygen atoms in total. The molecule has 0 aliphatic carbocycles. The van der Waals surface area contributed by atoms with Gasteiger partial charge in [0.25, 0.3) is 11.5 Å². The van der Waals surface area contributed by atoms with E-state index >= 15 is 0 Å². The van der Waals surface area contributed by atoms with E-state index in [1.165, 1.54) is 13.8 Å². The molecular weight excluding hydrogens is 654 g/mol. The van der Waals surface area contributed by atoms with Crippen molar-refractivity contribution < 1.29 is 66.9 Å². The van der Waals surface area contributed by atoms with Crippen LogP contribution >= 0.6 is 0 Å². The van der Waals surface area contributed by atoms with E-state index in [1.54, 1.807) is 0 Å². The summed E-state index contributed by atoms with van der Waals surface area (Å²) in [6.45, 7) is 2.67. The first-order chi connectivity index (χ1) is 22.7. The highest BCUT2D eigenvalue weighted by Gasteiger charge is 2.52. The van der Waals surface area contributed by atoms with Crippen molar-refractivity contribution in [1.29, 1.82) is 0 Å². The Balaban J connectivity index is 1.57. The predicted molar refractivity (Wildman–Crippen MR) is 153 cm³/mol. The van der Waals surface area contributed by atoms with Crippen LogP contribution in [-0.2, 0) is 38.0 Å². The molecule has 0 spiro atoms. The lowest BCUT2D eigenvalue weighted by Gasteiger charge is -2.35. The summed E-state index contributed by atoms with van der Waals surface area (Å²) in [5, 5.41) is 34.2. The van der Waals surface area contributed by atoms with Gasteiger partial charge in [0.05, 0.1) is 6.61 Å². The number of amides is 2. The van der Waals surface area contributed by atoms with Crippen LogP contribution in [0.4, 0.5) is 19.3 Å². The largest absolute Gasteiger partial charge is 0.510 e. The lowest BCUT2D eigenvalue weighted by molar-refractivity contribution is -0.241. The lowest BCUT2D eigenvalue weighted by atomic mass is 10.0. The normalized spacial score (nSPS) is 26.5. The monoisotopic (exact) mass is 686 g/mol. The Morgan fingerprint density at radius 3 is 2.44 bits per heavy atom. The van der Waals surface area contributed by atoms with Crippen LogP contribution in [0.15, 0.2) is 51.9 Å². The van der Waals surface area contributed by atoms with Crippen molar-refractivity contribution in [1.82, 2.24) is 9.13 Å². The van der Waals surface area contributed by atoms with Crippen LogP contribution in [-0.4, -0.2) is 99.1 Å². The summed E-state index contributed by atoms with van der Waals surface area (Å²) in [6, 6.07) is 3.37. The number of hydrogen-bond donors (Lipinski definition) is 5. The summed E-state index contributed by atoms with van der Waals surface area (Å²) in [4.78, 5) is 63.0. The molecule has 0 saturated carbocycles. The number of nitrogens with one attached hydrogen (secondary N) is 1. The molecule has 2 aromatic rings. The molecule has 6 N–H and O–H groups in total. The van der Waals surface area contributed by atoms with Gasteiger partial charge in [-0.3, -0.25) is 19.0 Å². The second-order valence-electron chi connectivity index (χ2n) is 10.3. The van der Waals surface area contributed by atoms with Gasteiger partial charge in [0.2, 0.25) is 12.2 Å². The SMILES string of the molecule is CCOC(=O)OC(C)n1c(=O)ccn([C@@H]2O[C@H]([C@@H](O[C@H]3OC(C(=O)Nc4ccc(F)c(F)c4)=C[C@H](O)[C@@H]3O)C(N)=O)[C@@H](OC)[C@H]2O)c1=O. The van der Waals surface area contributed by atoms with E-state index in [0.29, 0.717) is 10.6 Å². The number of aliphatic hydroxyl groups excluding tert-OH is 3. The number of rotatable bonds is 11. The first-order valence-corrected chi connectivity index (χ1v) is 14.2. The molecule has 262 valence electrons. The number of aliphatic hydroxyl groups is 3. The summed E-state index contributed by atoms with van der Waals surface area (Å²) >= 11 is 0. The number of anilines is 1. The Labute approximate surface area is 268 Å². The lowest BCUT2D eigenvalue weighted by Crippen LogP contribution is -2.53. The smallest absolute Gasteiger partial charge is 0.456 e. The van der Waals surface area contributed by atoms with Gasteiger partial charge in [-0.05, 0) is 32.1 Å². The van der Waals surface area contributed by atoms with Crippen LogP contribution < -0.4 is 22.3 Å². The number of methoxy groups -OCH3 is 1. The molecule has 2 amide bonds. The van der Waals surface area contributed by atoms with Gasteiger partial charge in [0.15, 0.2) is 36.0 Å². The van der Waals surface area contributed by atoms with E-state index in [0.717, 1.165) is 42.1 Å². The molecule has 2 aliphatic heterocycles. The molecular formula is C28H32F2N4O14. The minimum absolute atomic E-state index is 0.0472. The van der Waals surface area contributed by atoms with Crippen molar-refractivity contribution in [2.75, 3.05) is 19.0 Å². The molecule has 1 saturated heterocycles. The predicted octanol–water partition coefficient (Wildman–Crippen LogP) is -1.28. The second kappa shape index (κ2) is 15.0. The number of benzene rings is 1. The molecule has 0 bridgehead atoms. The van der Waals surface area contributed by atoms with Crippen molar-refractivity contribution in [3.63, 3.8) is 0 Å². The number of aromatic nitrogens is 2. The number of hydrogen-bond acceptors (Lipinski definition) is 14. The number of carbonyl (C=O) groups is 3. The molecule has 20 heteroatoms. The van der Waals surface area contributed by atoms with Gasteiger partial charge in [-0.1, -0.05) is 0 Å². The Morgan fingerprint density at radius 2 is 1.81 bits per heavy atom. The first kappa shape index (κ1) is 36.1. The van der Waals surface area contributed by atoms with Gasteiger partial charge in [0, 0.05) is 31.1 Å². The molecule has 1 aromatic heterocycles. The van der Waals surface area contributed by atoms with E-state index in [-0.39, 0.29) is 12.3 Å². The highest BCUT2D eigenvalue weighted by atomic mass is 19.2. The third-order valence-corrected chi connectivity index (χ3v) is 7.18. The van der Waals surface area contributed by atoms with E-state index in [2.05, 4.69) is 10.1 Å². The summed E-state index contributed by atoms with van der Waals surface area (Å²) in [5.74, 6) is -5.46. The highest BCUT2D eigenvalue weighted by molar-refractivity contribution is 6.02. The maximum absolute atomic E-state index is 13.6. The van der Waals surface area contributed by atoms with Gasteiger partial charge in [-0.25, -0.2) is 22.9 Å². The maximum Gasteiger partial charge on any atom is 0.510 e. The fraction of sp³-hybridized carbons (Fsp3) is 0.464. The third kappa shape index (κ3) is 7.53. The average Bonchev–Trinajstić information content (AvgIpc) is 3.34. The van der Waals surface area contributed by atoms with Crippen LogP contribution in [0, 0.1) is 11.6 Å². The first-order valence-electron chi connectivity index (χ1n) is 14.2. The van der Waals surface area contributed by atoms with Crippen LogP contribution in [0.5, 0.6) is 0 Å². The molecule has 9 atom stereocenters. The highest BCUT2D eigenvalue weighted by Crippen LogP contribution is 2.34. The van der Waals surface area contributed by atoms with Gasteiger partial charge >= 0.3 is 11.8 Å². The fourth-order valence-electron chi connectivity index (χ4n) is 4.91. The molecule has 3 heterocycles. The van der Waals surface area contributed by atoms with E-state index in [9.17, 15) is 48.1 Å². The van der Waals surface area contributed by atoms with E-state index in [1.807, 2.05) is 0 Å². The van der Waals surface area contributed by atoms with Crippen LogP contribution in [0.3, 0.4) is 0 Å². The molecule has 4 rings (SSSR count). The Hall–Kier alpha value is -4.73. The Morgan fingerprint density at radius 1 is 1.10 bits per heavy atom. The van der Waals surface area contributed by atoms with Crippen molar-refractivity contribution in [2.45, 2.75) is 69.2 Å². The zero-order valence-electron chi connectivity index (χ0n) is 25.4. The minimum atomic E-state index is -1.99. The topological polar surface area (TPSA) is 249 Å². The van der Waals surface area contributed by atoms with Crippen molar-refractivity contribution in [3.05, 3.63) is 74.8 Å². The van der Waals surface area contributed by atoms with E-state index in [4.69, 9.17) is 29.4 Å². The molecule has 1 unspecified atom stereocenters. The average molecular weight is 687 g/mol. The summed E-state index contributed by atoms with van der Waals surface area (Å²) in [7, 11) is 1.11. The molecule has 2 aliphatic rings. The van der Waals surface area contributed by atoms with Crippen molar-refractivity contribution in [2.24, 2.45) is 5.73 Å². The summed E-state index contributed by atoms with van der Waals surface area (Å²) < 4.78 is 59.8. The fourth-order valence-corrected chi connectivity index (χ4v) is 4.91. The standard InChI is InChI=1S/C28H32F2N4O14/c1-4-44-28(42)45-11(2)34-17(36)7-8-33(27(34)41)25-19(38)20(43-3)21(47-25)22(23(31)39)48-26-18(37)15(35)10-16(46-26)24(40)32-12-5-6-13(29)14(30)9-12/h5-11,15,18-22,25-26,35,37-38H,4H2,1-3H3,(H2,31,39)(H,32,40)/t11?,15-,18-,19+,20-,21-,22+,25+,26+/m0/s1. The summed E-state index contributed by atoms with van der Waals surface area (Å²) in [5.41, 5.74) is 3.35. The number of ether oxygens (including phenoxy) is 6. The number of primary amides is 1. The van der Waals surface area contributed by atoms with Crippen molar-refractivity contribution in [3.8, 4) is 0 Å². The minimum Gasteiger partial charge on any atom is -0.456 e. The van der Waals surface area contributed by atoms with Gasteiger partial charge in [-0.15, -0.1) is 0 Å². The maximum atomic E-state index is 13.6. The zero-order valence-corrected chi connectivity index (χ0v) is 25.4. The Bertz CT molecular complexity index is 1680. The van der Waals surface area contributed by atoms with Gasteiger partial charge in [0.1, 0.15) is 30.5 Å². The molecule has 1 fully saturated rings. The quantitative estimate of drug-likeness (QED) is 0.173. The summed E-state index contributed by atoms with van der Waals surface area (Å²) in [6.07, 6.45) is -15.1. The van der Waals surface area contributed by atoms with Crippen LogP contribution in [0.2, 0.25) is 0 Å². The van der Waals surface area contributed by atoms with E-state index < -0.39 is 102 Å². The molecule has 0 radical (unpaired) electrons. The second-order valence-corrected chi connectivity index (χ2v) is 10.3. The third-order valence-electron chi connectivity index (χ3n) is 7.18. The molecule has 1 aromatic carbocycles. The zero-order chi connectivity index (χ0) is 35.4. The number of nitrogens with zero attached hydrogens (tertiary/aromatic N) is 2. The number of halogens is 2. The molecule has 48 heavy (non-hydrogen) atoms. The van der Waals surface area contributed by atoms with Crippen LogP contribution in [0.1, 0.15) is 26.3 Å². The Kier molecular flexibility index (Phi) is 11.3. The number of carbonyl (C=O) groups excluding carboxylic acids is 3. The number of nitrogens with two attached hydrogens (primary N) is 1.